The summed E-state index contributed by atoms with van der Waals surface area (Å²) >= 11 is 5.84. The van der Waals surface area contributed by atoms with Gasteiger partial charge in [-0.1, -0.05) is 13.8 Å². The number of rotatable bonds is 2. The van der Waals surface area contributed by atoms with Crippen molar-refractivity contribution in [3.63, 3.8) is 0 Å². The van der Waals surface area contributed by atoms with Gasteiger partial charge in [0.05, 0.1) is 0 Å². The van der Waals surface area contributed by atoms with Crippen LogP contribution in [0.1, 0.15) is 33.1 Å². The molecule has 0 spiro atoms. The lowest BCUT2D eigenvalue weighted by molar-refractivity contribution is 0.351. The van der Waals surface area contributed by atoms with Crippen molar-refractivity contribution in [2.45, 2.75) is 33.1 Å². The Bertz CT molecular complexity index is 367. The molecule has 4 heteroatoms. The number of aromatic nitrogens is 2. The molecule has 0 aromatic carbocycles. The minimum atomic E-state index is 0.340. The molecule has 94 valence electrons. The number of anilines is 1. The van der Waals surface area contributed by atoms with E-state index in [2.05, 4.69) is 28.7 Å². The van der Waals surface area contributed by atoms with Gasteiger partial charge in [0.25, 0.3) is 0 Å². The molecule has 1 aliphatic heterocycles. The Morgan fingerprint density at radius 1 is 1.35 bits per heavy atom. The van der Waals surface area contributed by atoms with E-state index in [4.69, 9.17) is 11.6 Å². The summed E-state index contributed by atoms with van der Waals surface area (Å²) < 4.78 is 0. The SMILES string of the molecule is CC(C)C1CCCN(c2ccnc(Cl)n2)CC1. The molecule has 1 fully saturated rings. The number of hydrogen-bond donors (Lipinski definition) is 0. The molecule has 1 unspecified atom stereocenters. The molecule has 17 heavy (non-hydrogen) atoms. The zero-order chi connectivity index (χ0) is 12.3. The van der Waals surface area contributed by atoms with Gasteiger partial charge in [-0.05, 0) is 48.8 Å². The third kappa shape index (κ3) is 3.32. The fourth-order valence-electron chi connectivity index (χ4n) is 2.52. The predicted octanol–water partition coefficient (Wildman–Crippen LogP) is 3.39. The fourth-order valence-corrected chi connectivity index (χ4v) is 2.66. The van der Waals surface area contributed by atoms with Gasteiger partial charge in [0.1, 0.15) is 5.82 Å². The van der Waals surface area contributed by atoms with Crippen molar-refractivity contribution in [2.75, 3.05) is 18.0 Å². The second-order valence-electron chi connectivity index (χ2n) is 5.11. The van der Waals surface area contributed by atoms with E-state index in [1.165, 1.54) is 19.3 Å². The predicted molar refractivity (Wildman–Crippen MR) is 71.4 cm³/mol. The number of hydrogen-bond acceptors (Lipinski definition) is 3. The Hall–Kier alpha value is -0.830. The normalized spacial score (nSPS) is 21.6. The summed E-state index contributed by atoms with van der Waals surface area (Å²) in [6.07, 6.45) is 5.55. The Kier molecular flexibility index (Phi) is 4.21. The second kappa shape index (κ2) is 5.67. The van der Waals surface area contributed by atoms with Gasteiger partial charge >= 0.3 is 0 Å². The van der Waals surface area contributed by atoms with Crippen molar-refractivity contribution in [2.24, 2.45) is 11.8 Å². The van der Waals surface area contributed by atoms with Gasteiger partial charge in [-0.2, -0.15) is 0 Å². The van der Waals surface area contributed by atoms with Crippen molar-refractivity contribution < 1.29 is 0 Å². The van der Waals surface area contributed by atoms with E-state index in [0.29, 0.717) is 5.28 Å². The van der Waals surface area contributed by atoms with Crippen LogP contribution >= 0.6 is 11.6 Å². The van der Waals surface area contributed by atoms with Crippen molar-refractivity contribution in [1.82, 2.24) is 9.97 Å². The number of nitrogens with zero attached hydrogens (tertiary/aromatic N) is 3. The van der Waals surface area contributed by atoms with E-state index in [1.807, 2.05) is 6.07 Å². The van der Waals surface area contributed by atoms with Gasteiger partial charge in [-0.25, -0.2) is 9.97 Å². The van der Waals surface area contributed by atoms with Crippen molar-refractivity contribution in [1.29, 1.82) is 0 Å². The van der Waals surface area contributed by atoms with E-state index < -0.39 is 0 Å². The first-order valence-corrected chi connectivity index (χ1v) is 6.78. The van der Waals surface area contributed by atoms with Crippen LogP contribution in [0.3, 0.4) is 0 Å². The second-order valence-corrected chi connectivity index (χ2v) is 5.44. The maximum atomic E-state index is 5.84. The maximum Gasteiger partial charge on any atom is 0.224 e. The first-order chi connectivity index (χ1) is 8.16. The molecule has 1 aromatic rings. The molecule has 3 nitrogen and oxygen atoms in total. The van der Waals surface area contributed by atoms with Crippen LogP contribution in [0.15, 0.2) is 12.3 Å². The molecule has 2 heterocycles. The van der Waals surface area contributed by atoms with Crippen LogP contribution in [0.25, 0.3) is 0 Å². The zero-order valence-electron chi connectivity index (χ0n) is 10.6. The first-order valence-electron chi connectivity index (χ1n) is 6.40. The lowest BCUT2D eigenvalue weighted by atomic mass is 9.89. The van der Waals surface area contributed by atoms with Gasteiger partial charge in [-0.3, -0.25) is 0 Å². The summed E-state index contributed by atoms with van der Waals surface area (Å²) in [4.78, 5) is 10.5. The highest BCUT2D eigenvalue weighted by Gasteiger charge is 2.20. The van der Waals surface area contributed by atoms with Gasteiger partial charge in [0.2, 0.25) is 5.28 Å². The van der Waals surface area contributed by atoms with Crippen LogP contribution in [0.4, 0.5) is 5.82 Å². The average Bonchev–Trinajstić information content (AvgIpc) is 2.54. The van der Waals surface area contributed by atoms with Gasteiger partial charge in [-0.15, -0.1) is 0 Å². The standard InChI is InChI=1S/C13H20ClN3/c1-10(2)11-4-3-8-17(9-6-11)12-5-7-15-13(14)16-12/h5,7,10-11H,3-4,6,8-9H2,1-2H3. The van der Waals surface area contributed by atoms with Crippen LogP contribution < -0.4 is 4.90 Å². The molecule has 0 radical (unpaired) electrons. The van der Waals surface area contributed by atoms with Crippen LogP contribution in [0.5, 0.6) is 0 Å². The van der Waals surface area contributed by atoms with Crippen LogP contribution in [-0.2, 0) is 0 Å². The van der Waals surface area contributed by atoms with Crippen molar-refractivity contribution in [3.05, 3.63) is 17.5 Å². The molecule has 2 rings (SSSR count). The molecule has 0 bridgehead atoms. The summed E-state index contributed by atoms with van der Waals surface area (Å²) in [7, 11) is 0. The Morgan fingerprint density at radius 3 is 2.88 bits per heavy atom. The molecule has 0 N–H and O–H groups in total. The van der Waals surface area contributed by atoms with Crippen LogP contribution in [-0.4, -0.2) is 23.1 Å². The van der Waals surface area contributed by atoms with Gasteiger partial charge < -0.3 is 4.90 Å². The quantitative estimate of drug-likeness (QED) is 0.757. The van der Waals surface area contributed by atoms with E-state index in [9.17, 15) is 0 Å². The zero-order valence-corrected chi connectivity index (χ0v) is 11.3. The van der Waals surface area contributed by atoms with E-state index in [0.717, 1.165) is 30.7 Å². The lowest BCUT2D eigenvalue weighted by Crippen LogP contribution is -2.25. The maximum absolute atomic E-state index is 5.84. The summed E-state index contributed by atoms with van der Waals surface area (Å²) in [5.41, 5.74) is 0. The largest absolute Gasteiger partial charge is 0.356 e. The smallest absolute Gasteiger partial charge is 0.224 e. The summed E-state index contributed by atoms with van der Waals surface area (Å²) in [5.74, 6) is 2.59. The molecular weight excluding hydrogens is 234 g/mol. The third-order valence-electron chi connectivity index (χ3n) is 3.65. The summed E-state index contributed by atoms with van der Waals surface area (Å²) in [6, 6.07) is 1.95. The fraction of sp³-hybridized carbons (Fsp3) is 0.692. The van der Waals surface area contributed by atoms with E-state index in [-0.39, 0.29) is 0 Å². The average molecular weight is 254 g/mol. The Balaban J connectivity index is 2.04. The highest BCUT2D eigenvalue weighted by molar-refractivity contribution is 6.28. The molecule has 0 saturated carbocycles. The minimum Gasteiger partial charge on any atom is -0.356 e. The van der Waals surface area contributed by atoms with E-state index in [1.54, 1.807) is 6.20 Å². The molecule has 1 saturated heterocycles. The van der Waals surface area contributed by atoms with Crippen LogP contribution in [0, 0.1) is 11.8 Å². The molecular formula is C13H20ClN3. The molecule has 0 aliphatic carbocycles. The molecule has 1 atom stereocenters. The lowest BCUT2D eigenvalue weighted by Gasteiger charge is -2.22. The van der Waals surface area contributed by atoms with Gasteiger partial charge in [0, 0.05) is 19.3 Å². The van der Waals surface area contributed by atoms with Gasteiger partial charge in [0.15, 0.2) is 0 Å². The Morgan fingerprint density at radius 2 is 2.18 bits per heavy atom. The monoisotopic (exact) mass is 253 g/mol. The number of halogens is 1. The Labute approximate surface area is 108 Å². The highest BCUT2D eigenvalue weighted by atomic mass is 35.5. The highest BCUT2D eigenvalue weighted by Crippen LogP contribution is 2.26. The summed E-state index contributed by atoms with van der Waals surface area (Å²) in [5, 5.41) is 0.340. The topological polar surface area (TPSA) is 29.0 Å². The molecule has 1 aromatic heterocycles. The third-order valence-corrected chi connectivity index (χ3v) is 3.83. The van der Waals surface area contributed by atoms with Crippen molar-refractivity contribution in [3.8, 4) is 0 Å². The first kappa shape index (κ1) is 12.6. The van der Waals surface area contributed by atoms with Crippen LogP contribution in [0.2, 0.25) is 5.28 Å². The van der Waals surface area contributed by atoms with Crippen molar-refractivity contribution >= 4 is 17.4 Å². The summed E-state index contributed by atoms with van der Waals surface area (Å²) in [6.45, 7) is 6.80. The molecule has 0 amide bonds. The van der Waals surface area contributed by atoms with E-state index >= 15 is 0 Å². The molecule has 1 aliphatic rings. The minimum absolute atomic E-state index is 0.340.